The molecule has 2 unspecified atom stereocenters. The average Bonchev–Trinajstić information content (AvgIpc) is 3.02. The van der Waals surface area contributed by atoms with Crippen molar-refractivity contribution in [3.63, 3.8) is 0 Å². The van der Waals surface area contributed by atoms with Crippen molar-refractivity contribution in [1.82, 2.24) is 25.1 Å². The first-order valence-corrected chi connectivity index (χ1v) is 6.62. The van der Waals surface area contributed by atoms with Gasteiger partial charge in [0.25, 0.3) is 0 Å². The molecule has 1 N–H and O–H groups in total. The van der Waals surface area contributed by atoms with Crippen molar-refractivity contribution in [3.05, 3.63) is 10.8 Å². The largest absolute Gasteiger partial charge is 0.370 e. The van der Waals surface area contributed by atoms with Crippen LogP contribution in [0.25, 0.3) is 4.96 Å². The molecular weight excluding hydrogens is 238 g/mol. The third kappa shape index (κ3) is 1.84. The molecule has 2 aromatic heterocycles. The van der Waals surface area contributed by atoms with Crippen LogP contribution in [0.1, 0.15) is 42.7 Å². The van der Waals surface area contributed by atoms with Gasteiger partial charge in [0.15, 0.2) is 5.82 Å². The minimum Gasteiger partial charge on any atom is -0.370 e. The fourth-order valence-electron chi connectivity index (χ4n) is 1.93. The lowest BCUT2D eigenvalue weighted by Gasteiger charge is -2.05. The van der Waals surface area contributed by atoms with Crippen LogP contribution in [0, 0.1) is 0 Å². The Balaban J connectivity index is 1.99. The summed E-state index contributed by atoms with van der Waals surface area (Å²) in [5.41, 5.74) is 0. The number of hydrogen-bond acceptors (Lipinski definition) is 6. The van der Waals surface area contributed by atoms with Gasteiger partial charge in [0.1, 0.15) is 11.1 Å². The van der Waals surface area contributed by atoms with E-state index >= 15 is 0 Å². The third-order valence-corrected chi connectivity index (χ3v) is 4.13. The average molecular weight is 253 g/mol. The standard InChI is InChI=1S/C10H15N5OS/c1-6(11-2)9-14-15-8(7-4-3-5-16-7)12-13-10(15)17-9/h6-7,11H,3-5H2,1-2H3. The summed E-state index contributed by atoms with van der Waals surface area (Å²) in [6.45, 7) is 2.89. The van der Waals surface area contributed by atoms with E-state index in [1.165, 1.54) is 0 Å². The zero-order valence-corrected chi connectivity index (χ0v) is 10.7. The van der Waals surface area contributed by atoms with Gasteiger partial charge >= 0.3 is 0 Å². The van der Waals surface area contributed by atoms with Crippen LogP contribution in [0.15, 0.2) is 0 Å². The quantitative estimate of drug-likeness (QED) is 0.893. The summed E-state index contributed by atoms with van der Waals surface area (Å²) < 4.78 is 7.45. The number of aromatic nitrogens is 4. The van der Waals surface area contributed by atoms with Crippen molar-refractivity contribution in [2.45, 2.75) is 31.9 Å². The molecule has 92 valence electrons. The molecule has 0 aliphatic carbocycles. The maximum absolute atomic E-state index is 5.63. The maximum Gasteiger partial charge on any atom is 0.234 e. The molecule has 1 aliphatic rings. The molecule has 3 rings (SSSR count). The molecule has 0 aromatic carbocycles. The lowest BCUT2D eigenvalue weighted by molar-refractivity contribution is 0.103. The molecule has 6 nitrogen and oxygen atoms in total. The summed E-state index contributed by atoms with van der Waals surface area (Å²) in [7, 11) is 1.92. The lowest BCUT2D eigenvalue weighted by atomic mass is 10.2. The number of rotatable bonds is 3. The van der Waals surface area contributed by atoms with Gasteiger partial charge < -0.3 is 10.1 Å². The molecule has 0 radical (unpaired) electrons. The lowest BCUT2D eigenvalue weighted by Crippen LogP contribution is -2.13. The Labute approximate surface area is 103 Å². The molecule has 0 saturated carbocycles. The Morgan fingerprint density at radius 3 is 3.12 bits per heavy atom. The first-order chi connectivity index (χ1) is 8.29. The molecule has 0 bridgehead atoms. The van der Waals surface area contributed by atoms with E-state index < -0.39 is 0 Å². The van der Waals surface area contributed by atoms with Crippen molar-refractivity contribution in [3.8, 4) is 0 Å². The van der Waals surface area contributed by atoms with Crippen molar-refractivity contribution < 1.29 is 4.74 Å². The summed E-state index contributed by atoms with van der Waals surface area (Å²) in [5, 5.41) is 17.1. The van der Waals surface area contributed by atoms with Crippen LogP contribution < -0.4 is 5.32 Å². The molecule has 7 heteroatoms. The molecule has 3 heterocycles. The minimum atomic E-state index is 0.0600. The van der Waals surface area contributed by atoms with Crippen LogP contribution in [0.4, 0.5) is 0 Å². The van der Waals surface area contributed by atoms with Crippen molar-refractivity contribution >= 4 is 16.3 Å². The number of nitrogens with zero attached hydrogens (tertiary/aromatic N) is 4. The van der Waals surface area contributed by atoms with Gasteiger partial charge in [-0.2, -0.15) is 9.61 Å². The van der Waals surface area contributed by atoms with Crippen molar-refractivity contribution in [1.29, 1.82) is 0 Å². The summed E-state index contributed by atoms with van der Waals surface area (Å²) in [4.78, 5) is 0.840. The van der Waals surface area contributed by atoms with E-state index in [0.717, 1.165) is 35.2 Å². The molecule has 1 aliphatic heterocycles. The van der Waals surface area contributed by atoms with Gasteiger partial charge in [0.05, 0.1) is 6.04 Å². The zero-order valence-electron chi connectivity index (χ0n) is 9.88. The molecule has 1 fully saturated rings. The van der Waals surface area contributed by atoms with Gasteiger partial charge in [-0.1, -0.05) is 11.3 Å². The Morgan fingerprint density at radius 1 is 1.53 bits per heavy atom. The molecular formula is C10H15N5OS. The van der Waals surface area contributed by atoms with Crippen LogP contribution in [0.3, 0.4) is 0 Å². The van der Waals surface area contributed by atoms with E-state index in [9.17, 15) is 0 Å². The second-order valence-corrected chi connectivity index (χ2v) is 5.19. The fourth-order valence-corrected chi connectivity index (χ4v) is 2.83. The van der Waals surface area contributed by atoms with Crippen LogP contribution in [0.5, 0.6) is 0 Å². The third-order valence-electron chi connectivity index (χ3n) is 3.05. The van der Waals surface area contributed by atoms with Gasteiger partial charge in [0.2, 0.25) is 4.96 Å². The molecule has 2 atom stereocenters. The highest BCUT2D eigenvalue weighted by molar-refractivity contribution is 7.16. The van der Waals surface area contributed by atoms with E-state index in [2.05, 4.69) is 27.5 Å². The Bertz CT molecular complexity index is 516. The zero-order chi connectivity index (χ0) is 11.8. The van der Waals surface area contributed by atoms with Crippen molar-refractivity contribution in [2.24, 2.45) is 0 Å². The van der Waals surface area contributed by atoms with Crippen molar-refractivity contribution in [2.75, 3.05) is 13.7 Å². The highest BCUT2D eigenvalue weighted by atomic mass is 32.1. The van der Waals surface area contributed by atoms with E-state index in [0.29, 0.717) is 0 Å². The van der Waals surface area contributed by atoms with E-state index in [1.807, 2.05) is 11.6 Å². The molecule has 2 aromatic rings. The molecule has 0 amide bonds. The predicted octanol–water partition coefficient (Wildman–Crippen LogP) is 1.32. The second kappa shape index (κ2) is 4.32. The van der Waals surface area contributed by atoms with Gasteiger partial charge in [-0.15, -0.1) is 10.2 Å². The van der Waals surface area contributed by atoms with Crippen LogP contribution >= 0.6 is 11.3 Å². The Morgan fingerprint density at radius 2 is 2.41 bits per heavy atom. The van der Waals surface area contributed by atoms with Gasteiger partial charge in [-0.05, 0) is 26.8 Å². The summed E-state index contributed by atoms with van der Waals surface area (Å²) in [5.74, 6) is 0.836. The normalized spacial score (nSPS) is 22.4. The number of ether oxygens (including phenoxy) is 1. The van der Waals surface area contributed by atoms with Crippen LogP contribution in [0.2, 0.25) is 0 Å². The SMILES string of the molecule is CNC(C)c1nn2c(C3CCCO3)nnc2s1. The maximum atomic E-state index is 5.63. The smallest absolute Gasteiger partial charge is 0.234 e. The highest BCUT2D eigenvalue weighted by Crippen LogP contribution is 2.29. The highest BCUT2D eigenvalue weighted by Gasteiger charge is 2.25. The Hall–Kier alpha value is -1.05. The van der Waals surface area contributed by atoms with Gasteiger partial charge in [-0.25, -0.2) is 0 Å². The van der Waals surface area contributed by atoms with Crippen LogP contribution in [-0.4, -0.2) is 33.5 Å². The first-order valence-electron chi connectivity index (χ1n) is 5.80. The van der Waals surface area contributed by atoms with Gasteiger partial charge in [-0.3, -0.25) is 0 Å². The summed E-state index contributed by atoms with van der Waals surface area (Å²) >= 11 is 1.57. The topological polar surface area (TPSA) is 64.3 Å². The van der Waals surface area contributed by atoms with Crippen LogP contribution in [-0.2, 0) is 4.74 Å². The van der Waals surface area contributed by atoms with Gasteiger partial charge in [0, 0.05) is 6.61 Å². The minimum absolute atomic E-state index is 0.0600. The van der Waals surface area contributed by atoms with E-state index in [4.69, 9.17) is 4.74 Å². The fraction of sp³-hybridized carbons (Fsp3) is 0.700. The molecule has 1 saturated heterocycles. The number of hydrogen-bond donors (Lipinski definition) is 1. The molecule has 0 spiro atoms. The number of nitrogens with one attached hydrogen (secondary N) is 1. The summed E-state index contributed by atoms with van der Waals surface area (Å²) in [6.07, 6.45) is 2.16. The molecule has 17 heavy (non-hydrogen) atoms. The number of fused-ring (bicyclic) bond motifs is 1. The summed E-state index contributed by atoms with van der Waals surface area (Å²) in [6, 6.07) is 0.235. The monoisotopic (exact) mass is 253 g/mol. The first kappa shape index (κ1) is 11.1. The Kier molecular flexibility index (Phi) is 2.81. The van der Waals surface area contributed by atoms with E-state index in [1.54, 1.807) is 11.3 Å². The second-order valence-electron chi connectivity index (χ2n) is 4.20. The van der Waals surface area contributed by atoms with E-state index in [-0.39, 0.29) is 12.1 Å². The predicted molar refractivity (Wildman–Crippen MR) is 64.1 cm³/mol.